The number of benzene rings is 2. The normalized spacial score (nSPS) is 16.2. The maximum absolute atomic E-state index is 12.4. The van der Waals surface area contributed by atoms with E-state index in [1.54, 1.807) is 6.07 Å². The quantitative estimate of drug-likeness (QED) is 0.746. The number of carbonyl (C=O) groups is 1. The summed E-state index contributed by atoms with van der Waals surface area (Å²) in [4.78, 5) is 13.1. The second-order valence-electron chi connectivity index (χ2n) is 5.55. The highest BCUT2D eigenvalue weighted by Gasteiger charge is 2.28. The zero-order valence-corrected chi connectivity index (χ0v) is 14.1. The number of hydrogen-bond acceptors (Lipinski definition) is 4. The van der Waals surface area contributed by atoms with E-state index in [0.29, 0.717) is 10.8 Å². The lowest BCUT2D eigenvalue weighted by Gasteiger charge is -2.13. The van der Waals surface area contributed by atoms with Crippen molar-refractivity contribution in [2.75, 3.05) is 0 Å². The Morgan fingerprint density at radius 2 is 1.68 bits per heavy atom. The van der Waals surface area contributed by atoms with E-state index in [4.69, 9.17) is 4.74 Å². The zero-order chi connectivity index (χ0) is 17.1. The largest absolute Gasteiger partial charge is 0.449 e. The van der Waals surface area contributed by atoms with Gasteiger partial charge in [-0.05, 0) is 11.4 Å². The fourth-order valence-corrected chi connectivity index (χ4v) is 3.28. The Hall–Kier alpha value is -3.05. The molecule has 5 heteroatoms. The van der Waals surface area contributed by atoms with E-state index in [1.165, 1.54) is 11.3 Å². The molecule has 0 fully saturated rings. The Morgan fingerprint density at radius 1 is 0.960 bits per heavy atom. The van der Waals surface area contributed by atoms with Crippen molar-refractivity contribution in [1.29, 1.82) is 0 Å². The molecule has 2 aromatic carbocycles. The molecule has 0 aliphatic carbocycles. The number of amides is 1. The van der Waals surface area contributed by atoms with Gasteiger partial charge < -0.3 is 10.1 Å². The topological polar surface area (TPSA) is 50.4 Å². The van der Waals surface area contributed by atoms with Crippen LogP contribution in [0.25, 0.3) is 5.70 Å². The third-order valence-electron chi connectivity index (χ3n) is 3.88. The Labute approximate surface area is 149 Å². The lowest BCUT2D eigenvalue weighted by atomic mass is 10.1. The van der Waals surface area contributed by atoms with Crippen LogP contribution in [0.15, 0.2) is 84.1 Å². The minimum absolute atomic E-state index is 0.172. The van der Waals surface area contributed by atoms with Crippen molar-refractivity contribution in [1.82, 2.24) is 10.6 Å². The Kier molecular flexibility index (Phi) is 4.23. The van der Waals surface area contributed by atoms with Gasteiger partial charge in [-0.15, -0.1) is 11.3 Å². The van der Waals surface area contributed by atoms with Gasteiger partial charge in [0, 0.05) is 11.1 Å². The van der Waals surface area contributed by atoms with Crippen LogP contribution in [-0.2, 0) is 4.74 Å². The van der Waals surface area contributed by atoms with Crippen molar-refractivity contribution in [2.24, 2.45) is 0 Å². The average molecular weight is 348 g/mol. The van der Waals surface area contributed by atoms with Gasteiger partial charge in [-0.25, -0.2) is 0 Å². The van der Waals surface area contributed by atoms with Crippen molar-refractivity contribution < 1.29 is 9.53 Å². The van der Waals surface area contributed by atoms with E-state index in [9.17, 15) is 4.79 Å². The molecule has 2 heterocycles. The lowest BCUT2D eigenvalue weighted by molar-refractivity contribution is 0.0854. The van der Waals surface area contributed by atoms with Crippen LogP contribution in [0.4, 0.5) is 0 Å². The van der Waals surface area contributed by atoms with Crippen LogP contribution in [0.5, 0.6) is 0 Å². The number of rotatable bonds is 4. The first-order valence-corrected chi connectivity index (χ1v) is 8.82. The van der Waals surface area contributed by atoms with E-state index in [1.807, 2.05) is 72.1 Å². The summed E-state index contributed by atoms with van der Waals surface area (Å²) in [7, 11) is 0. The summed E-state index contributed by atoms with van der Waals surface area (Å²) in [5.41, 5.74) is 2.73. The molecule has 0 spiro atoms. The third-order valence-corrected chi connectivity index (χ3v) is 4.74. The number of thiophene rings is 1. The maximum Gasteiger partial charge on any atom is 0.268 e. The highest BCUT2D eigenvalue weighted by Crippen LogP contribution is 2.31. The molecule has 1 aliphatic heterocycles. The highest BCUT2D eigenvalue weighted by molar-refractivity contribution is 7.12. The first-order chi connectivity index (χ1) is 12.3. The second-order valence-corrected chi connectivity index (χ2v) is 6.50. The standard InChI is InChI=1S/C20H16N2O2S/c23-18(16-12-7-13-25-16)22-20-17(14-8-3-1-4-9-14)21-19(24-20)15-10-5-2-6-11-15/h1-13,19,21H,(H,22,23). The molecule has 25 heavy (non-hydrogen) atoms. The lowest BCUT2D eigenvalue weighted by Crippen LogP contribution is -2.23. The summed E-state index contributed by atoms with van der Waals surface area (Å²) in [5, 5.41) is 8.14. The first-order valence-electron chi connectivity index (χ1n) is 7.94. The molecule has 1 atom stereocenters. The zero-order valence-electron chi connectivity index (χ0n) is 13.3. The Morgan fingerprint density at radius 3 is 2.36 bits per heavy atom. The predicted octanol–water partition coefficient (Wildman–Crippen LogP) is 4.12. The SMILES string of the molecule is O=C(NC1=C(c2ccccc2)NC(c2ccccc2)O1)c1cccs1. The van der Waals surface area contributed by atoms with Crippen LogP contribution >= 0.6 is 11.3 Å². The van der Waals surface area contributed by atoms with E-state index >= 15 is 0 Å². The molecule has 1 aromatic heterocycles. The van der Waals surface area contributed by atoms with Crippen molar-refractivity contribution in [2.45, 2.75) is 6.23 Å². The Bertz CT molecular complexity index is 890. The fraction of sp³-hybridized carbons (Fsp3) is 0.0500. The molecule has 1 aliphatic rings. The summed E-state index contributed by atoms with van der Waals surface area (Å²) in [6.45, 7) is 0. The molecule has 1 amide bonds. The van der Waals surface area contributed by atoms with Crippen LogP contribution in [0, 0.1) is 0 Å². The molecule has 124 valence electrons. The average Bonchev–Trinajstić information content (AvgIpc) is 3.33. The van der Waals surface area contributed by atoms with Crippen molar-refractivity contribution in [3.63, 3.8) is 0 Å². The molecular weight excluding hydrogens is 332 g/mol. The van der Waals surface area contributed by atoms with E-state index < -0.39 is 0 Å². The van der Waals surface area contributed by atoms with Crippen LogP contribution in [0.2, 0.25) is 0 Å². The predicted molar refractivity (Wildman–Crippen MR) is 98.6 cm³/mol. The van der Waals surface area contributed by atoms with Crippen molar-refractivity contribution >= 4 is 22.9 Å². The van der Waals surface area contributed by atoms with E-state index in [0.717, 1.165) is 16.8 Å². The molecular formula is C20H16N2O2S. The smallest absolute Gasteiger partial charge is 0.268 e. The molecule has 0 saturated heterocycles. The molecule has 0 saturated carbocycles. The van der Waals surface area contributed by atoms with Gasteiger partial charge >= 0.3 is 0 Å². The molecule has 4 rings (SSSR count). The summed E-state index contributed by atoms with van der Waals surface area (Å²) in [5.74, 6) is 0.271. The maximum atomic E-state index is 12.4. The van der Waals surface area contributed by atoms with Gasteiger partial charge in [-0.2, -0.15) is 0 Å². The highest BCUT2D eigenvalue weighted by atomic mass is 32.1. The summed E-state index contributed by atoms with van der Waals surface area (Å²) < 4.78 is 6.02. The monoisotopic (exact) mass is 348 g/mol. The van der Waals surface area contributed by atoms with Crippen LogP contribution in [0.3, 0.4) is 0 Å². The van der Waals surface area contributed by atoms with Gasteiger partial charge in [-0.1, -0.05) is 66.7 Å². The van der Waals surface area contributed by atoms with E-state index in [-0.39, 0.29) is 12.1 Å². The van der Waals surface area contributed by atoms with Crippen LogP contribution < -0.4 is 10.6 Å². The number of ether oxygens (including phenoxy) is 1. The number of carbonyl (C=O) groups excluding carboxylic acids is 1. The number of nitrogens with one attached hydrogen (secondary N) is 2. The summed E-state index contributed by atoms with van der Waals surface area (Å²) >= 11 is 1.40. The van der Waals surface area contributed by atoms with Gasteiger partial charge in [0.25, 0.3) is 5.91 Å². The number of hydrogen-bond donors (Lipinski definition) is 2. The molecule has 4 nitrogen and oxygen atoms in total. The summed E-state index contributed by atoms with van der Waals surface area (Å²) in [6, 6.07) is 23.3. The van der Waals surface area contributed by atoms with Crippen LogP contribution in [0.1, 0.15) is 27.0 Å². The fourth-order valence-electron chi connectivity index (χ4n) is 2.67. The van der Waals surface area contributed by atoms with Gasteiger partial charge in [-0.3, -0.25) is 10.1 Å². The molecule has 0 bridgehead atoms. The minimum atomic E-state index is -0.338. The van der Waals surface area contributed by atoms with Crippen molar-refractivity contribution in [3.05, 3.63) is 100 Å². The molecule has 1 unspecified atom stereocenters. The third kappa shape index (κ3) is 3.27. The summed E-state index contributed by atoms with van der Waals surface area (Å²) in [6.07, 6.45) is -0.338. The molecule has 2 N–H and O–H groups in total. The second kappa shape index (κ2) is 6.83. The van der Waals surface area contributed by atoms with E-state index in [2.05, 4.69) is 10.6 Å². The van der Waals surface area contributed by atoms with Gasteiger partial charge in [0.15, 0.2) is 6.23 Å². The molecule has 0 radical (unpaired) electrons. The first kappa shape index (κ1) is 15.5. The van der Waals surface area contributed by atoms with Gasteiger partial charge in [0.05, 0.1) is 4.88 Å². The van der Waals surface area contributed by atoms with Gasteiger partial charge in [0.1, 0.15) is 5.70 Å². The minimum Gasteiger partial charge on any atom is -0.449 e. The van der Waals surface area contributed by atoms with Crippen LogP contribution in [-0.4, -0.2) is 5.91 Å². The molecule has 3 aromatic rings. The van der Waals surface area contributed by atoms with Gasteiger partial charge in [0.2, 0.25) is 5.88 Å². The van der Waals surface area contributed by atoms with Crippen molar-refractivity contribution in [3.8, 4) is 0 Å². The Balaban J connectivity index is 1.64.